The number of amides is 2. The van der Waals surface area contributed by atoms with Crippen molar-refractivity contribution in [1.29, 1.82) is 0 Å². The maximum atomic E-state index is 12.3. The average molecular weight is 437 g/mol. The van der Waals surface area contributed by atoms with Gasteiger partial charge in [0.1, 0.15) is 17.8 Å². The molecule has 0 bridgehead atoms. The summed E-state index contributed by atoms with van der Waals surface area (Å²) in [6.07, 6.45) is -0.831. The lowest BCUT2D eigenvalue weighted by atomic mass is 10.1. The molecule has 8 nitrogen and oxygen atoms in total. The third kappa shape index (κ3) is 12.5. The first-order chi connectivity index (χ1) is 14.2. The van der Waals surface area contributed by atoms with Gasteiger partial charge < -0.3 is 24.4 Å². The molecule has 0 heterocycles. The summed E-state index contributed by atoms with van der Waals surface area (Å²) in [5, 5.41) is 2.71. The van der Waals surface area contributed by atoms with Gasteiger partial charge in [-0.2, -0.15) is 0 Å². The van der Waals surface area contributed by atoms with Crippen LogP contribution in [0.1, 0.15) is 59.9 Å². The molecule has 0 aliphatic heterocycles. The summed E-state index contributed by atoms with van der Waals surface area (Å²) in [5.41, 5.74) is -0.394. The van der Waals surface area contributed by atoms with E-state index < -0.39 is 35.4 Å². The van der Waals surface area contributed by atoms with Gasteiger partial charge >= 0.3 is 18.2 Å². The van der Waals surface area contributed by atoms with E-state index in [1.807, 2.05) is 30.3 Å². The maximum Gasteiger partial charge on any atom is 0.410 e. The number of carbonyl (C=O) groups is 3. The van der Waals surface area contributed by atoms with Gasteiger partial charge in [0.15, 0.2) is 0 Å². The molecular formula is C23H36N2O6. The molecular weight excluding hydrogens is 400 g/mol. The van der Waals surface area contributed by atoms with Gasteiger partial charge in [-0.3, -0.25) is 4.79 Å². The van der Waals surface area contributed by atoms with E-state index in [-0.39, 0.29) is 19.6 Å². The molecule has 0 saturated heterocycles. The Balaban J connectivity index is 2.68. The van der Waals surface area contributed by atoms with Crippen LogP contribution in [-0.2, 0) is 25.6 Å². The Bertz CT molecular complexity index is 722. The van der Waals surface area contributed by atoms with Gasteiger partial charge in [-0.25, -0.2) is 9.59 Å². The summed E-state index contributed by atoms with van der Waals surface area (Å²) in [6, 6.07) is 8.72. The Morgan fingerprint density at radius 3 is 2.10 bits per heavy atom. The number of hydrogen-bond donors (Lipinski definition) is 1. The minimum absolute atomic E-state index is 0.0418. The molecule has 1 N–H and O–H groups in total. The molecule has 31 heavy (non-hydrogen) atoms. The van der Waals surface area contributed by atoms with E-state index >= 15 is 0 Å². The third-order valence-electron chi connectivity index (χ3n) is 3.89. The molecule has 1 atom stereocenters. The van der Waals surface area contributed by atoms with E-state index in [1.54, 1.807) is 48.6 Å². The van der Waals surface area contributed by atoms with Crippen LogP contribution in [0.25, 0.3) is 0 Å². The van der Waals surface area contributed by atoms with Gasteiger partial charge in [0.05, 0.1) is 6.42 Å². The SMILES string of the molecule is CN(CC[C@@H](CC(=O)OC(C)(C)C)NC(=O)OCc1ccccc1)C(=O)OC(C)(C)C. The van der Waals surface area contributed by atoms with Crippen molar-refractivity contribution in [3.05, 3.63) is 35.9 Å². The van der Waals surface area contributed by atoms with Crippen molar-refractivity contribution in [2.75, 3.05) is 13.6 Å². The van der Waals surface area contributed by atoms with Gasteiger partial charge in [0.2, 0.25) is 0 Å². The first-order valence-electron chi connectivity index (χ1n) is 10.4. The molecule has 1 aromatic rings. The predicted octanol–water partition coefficient (Wildman–Crippen LogP) is 4.27. The largest absolute Gasteiger partial charge is 0.460 e. The highest BCUT2D eigenvalue weighted by Crippen LogP contribution is 2.13. The summed E-state index contributed by atoms with van der Waals surface area (Å²) < 4.78 is 15.9. The summed E-state index contributed by atoms with van der Waals surface area (Å²) >= 11 is 0. The molecule has 0 aromatic heterocycles. The zero-order chi connectivity index (χ0) is 23.7. The second-order valence-electron chi connectivity index (χ2n) is 9.38. The maximum absolute atomic E-state index is 12.3. The fourth-order valence-corrected chi connectivity index (χ4v) is 2.52. The van der Waals surface area contributed by atoms with Crippen LogP contribution in [0.15, 0.2) is 30.3 Å². The van der Waals surface area contributed by atoms with Crippen LogP contribution in [0, 0.1) is 0 Å². The summed E-state index contributed by atoms with van der Waals surface area (Å²) in [4.78, 5) is 38.1. The number of alkyl carbamates (subject to hydrolysis) is 1. The summed E-state index contributed by atoms with van der Waals surface area (Å²) in [5.74, 6) is -0.444. The van der Waals surface area contributed by atoms with Crippen molar-refractivity contribution >= 4 is 18.2 Å². The van der Waals surface area contributed by atoms with Crippen molar-refractivity contribution in [1.82, 2.24) is 10.2 Å². The lowest BCUT2D eigenvalue weighted by Crippen LogP contribution is -2.42. The Hall–Kier alpha value is -2.77. The topological polar surface area (TPSA) is 94.2 Å². The normalized spacial score (nSPS) is 12.5. The minimum atomic E-state index is -0.641. The molecule has 8 heteroatoms. The van der Waals surface area contributed by atoms with Gasteiger partial charge in [-0.05, 0) is 53.5 Å². The van der Waals surface area contributed by atoms with Crippen molar-refractivity contribution in [2.24, 2.45) is 0 Å². The Labute approximate surface area is 185 Å². The highest BCUT2D eigenvalue weighted by atomic mass is 16.6. The Kier molecular flexibility index (Phi) is 9.81. The molecule has 0 saturated carbocycles. The lowest BCUT2D eigenvalue weighted by molar-refractivity contribution is -0.155. The number of benzene rings is 1. The van der Waals surface area contributed by atoms with Crippen molar-refractivity contribution < 1.29 is 28.6 Å². The van der Waals surface area contributed by atoms with E-state index in [2.05, 4.69) is 5.32 Å². The summed E-state index contributed by atoms with van der Waals surface area (Å²) in [7, 11) is 1.60. The predicted molar refractivity (Wildman–Crippen MR) is 117 cm³/mol. The lowest BCUT2D eigenvalue weighted by Gasteiger charge is -2.26. The number of nitrogens with one attached hydrogen (secondary N) is 1. The summed E-state index contributed by atoms with van der Waals surface area (Å²) in [6.45, 7) is 11.1. The molecule has 1 aromatic carbocycles. The molecule has 2 amide bonds. The molecule has 174 valence electrons. The smallest absolute Gasteiger partial charge is 0.410 e. The molecule has 0 aliphatic carbocycles. The first kappa shape index (κ1) is 26.3. The van der Waals surface area contributed by atoms with Gasteiger partial charge in [-0.15, -0.1) is 0 Å². The quantitative estimate of drug-likeness (QED) is 0.483. The zero-order valence-electron chi connectivity index (χ0n) is 19.7. The van der Waals surface area contributed by atoms with Crippen LogP contribution in [0.2, 0.25) is 0 Å². The fraction of sp³-hybridized carbons (Fsp3) is 0.609. The average Bonchev–Trinajstić information content (AvgIpc) is 2.62. The van der Waals surface area contributed by atoms with Gasteiger partial charge in [-0.1, -0.05) is 30.3 Å². The number of ether oxygens (including phenoxy) is 3. The van der Waals surface area contributed by atoms with Crippen molar-refractivity contribution in [2.45, 2.75) is 78.2 Å². The highest BCUT2D eigenvalue weighted by Gasteiger charge is 2.24. The number of nitrogens with zero attached hydrogens (tertiary/aromatic N) is 1. The van der Waals surface area contributed by atoms with Crippen molar-refractivity contribution in [3.8, 4) is 0 Å². The molecule has 0 aliphatic rings. The van der Waals surface area contributed by atoms with Crippen LogP contribution in [-0.4, -0.2) is 53.9 Å². The van der Waals surface area contributed by atoms with Crippen LogP contribution < -0.4 is 5.32 Å². The fourth-order valence-electron chi connectivity index (χ4n) is 2.52. The van der Waals surface area contributed by atoms with E-state index in [0.29, 0.717) is 6.42 Å². The number of hydrogen-bond acceptors (Lipinski definition) is 6. The molecule has 0 unspecified atom stereocenters. The number of carbonyl (C=O) groups excluding carboxylic acids is 3. The minimum Gasteiger partial charge on any atom is -0.460 e. The van der Waals surface area contributed by atoms with Crippen molar-refractivity contribution in [3.63, 3.8) is 0 Å². The Morgan fingerprint density at radius 1 is 0.968 bits per heavy atom. The first-order valence-corrected chi connectivity index (χ1v) is 10.4. The van der Waals surface area contributed by atoms with E-state index in [1.165, 1.54) is 4.90 Å². The molecule has 0 spiro atoms. The molecule has 0 fully saturated rings. The highest BCUT2D eigenvalue weighted by molar-refractivity contribution is 5.73. The second kappa shape index (κ2) is 11.6. The Morgan fingerprint density at radius 2 is 1.55 bits per heavy atom. The second-order valence-corrected chi connectivity index (χ2v) is 9.38. The zero-order valence-corrected chi connectivity index (χ0v) is 19.7. The van der Waals surface area contributed by atoms with E-state index in [4.69, 9.17) is 14.2 Å². The van der Waals surface area contributed by atoms with Crippen LogP contribution in [0.4, 0.5) is 9.59 Å². The number of esters is 1. The van der Waals surface area contributed by atoms with Crippen LogP contribution >= 0.6 is 0 Å². The van der Waals surface area contributed by atoms with E-state index in [9.17, 15) is 14.4 Å². The molecule has 1 rings (SSSR count). The van der Waals surface area contributed by atoms with E-state index in [0.717, 1.165) is 5.56 Å². The third-order valence-corrected chi connectivity index (χ3v) is 3.89. The van der Waals surface area contributed by atoms with Crippen LogP contribution in [0.3, 0.4) is 0 Å². The molecule has 0 radical (unpaired) electrons. The standard InChI is InChI=1S/C23H36N2O6/c1-22(2,3)30-19(26)15-18(13-14-25(7)21(28)31-23(4,5)6)24-20(27)29-16-17-11-9-8-10-12-17/h8-12,18H,13-16H2,1-7H3,(H,24,27)/t18-/m0/s1. The number of rotatable bonds is 8. The van der Waals surface area contributed by atoms with Gasteiger partial charge in [0, 0.05) is 19.6 Å². The van der Waals surface area contributed by atoms with Gasteiger partial charge in [0.25, 0.3) is 0 Å². The monoisotopic (exact) mass is 436 g/mol. The van der Waals surface area contributed by atoms with Crippen LogP contribution in [0.5, 0.6) is 0 Å².